The number of fused-ring (bicyclic) bond motifs is 7. The third kappa shape index (κ3) is 7.02. The summed E-state index contributed by atoms with van der Waals surface area (Å²) in [5, 5.41) is 12.5. The van der Waals surface area contributed by atoms with Gasteiger partial charge in [0.2, 0.25) is 0 Å². The maximum absolute atomic E-state index is 6.64. The molecule has 2 aromatic heterocycles. The minimum Gasteiger partial charge on any atom is -0.454 e. The molecular weight excluding hydrogens is 913 g/mol. The maximum Gasteiger partial charge on any atom is 0.179 e. The molecular formula is C70H48N2OSi. The zero-order valence-corrected chi connectivity index (χ0v) is 41.5. The zero-order chi connectivity index (χ0) is 49.0. The second-order valence-electron chi connectivity index (χ2n) is 19.2. The Bertz CT molecular complexity index is 4250. The Balaban J connectivity index is 0.939. The second-order valence-corrected chi connectivity index (χ2v) is 23.0. The summed E-state index contributed by atoms with van der Waals surface area (Å²) in [7, 11) is -2.84. The molecule has 0 fully saturated rings. The number of anilines is 3. The fourth-order valence-electron chi connectivity index (χ4n) is 11.9. The highest BCUT2D eigenvalue weighted by molar-refractivity contribution is 7.19. The number of hydrogen-bond acceptors (Lipinski definition) is 2. The van der Waals surface area contributed by atoms with E-state index in [1.54, 1.807) is 0 Å². The SMILES string of the molecule is c1ccc([Si](c2ccccc2)(c2ccccc2)c2cccc(N(c3ccc(-c4cccc5ccccc45)cc3)c3ccc(-c4cccc5c4c4ccccc4n5-c4cccc5c4oc4ccccc45)cc3)c2)cc1. The number of nitrogens with zero attached hydrogens (tertiary/aromatic N) is 2. The van der Waals surface area contributed by atoms with Crippen LogP contribution in [0.5, 0.6) is 0 Å². The van der Waals surface area contributed by atoms with Crippen molar-refractivity contribution in [3.05, 3.63) is 291 Å². The van der Waals surface area contributed by atoms with Crippen molar-refractivity contribution in [3.63, 3.8) is 0 Å². The van der Waals surface area contributed by atoms with Crippen LogP contribution in [-0.2, 0) is 0 Å². The van der Waals surface area contributed by atoms with E-state index in [2.05, 4.69) is 295 Å². The van der Waals surface area contributed by atoms with Gasteiger partial charge in [-0.15, -0.1) is 0 Å². The smallest absolute Gasteiger partial charge is 0.179 e. The molecule has 0 spiro atoms. The molecule has 12 aromatic carbocycles. The van der Waals surface area contributed by atoms with Gasteiger partial charge in [-0.05, 0) is 114 Å². The van der Waals surface area contributed by atoms with E-state index in [9.17, 15) is 0 Å². The summed E-state index contributed by atoms with van der Waals surface area (Å²) in [5.74, 6) is 0. The van der Waals surface area contributed by atoms with Crippen LogP contribution in [0.3, 0.4) is 0 Å². The lowest BCUT2D eigenvalue weighted by molar-refractivity contribution is 0.666. The van der Waals surface area contributed by atoms with E-state index >= 15 is 0 Å². The Labute approximate surface area is 431 Å². The first-order valence-electron chi connectivity index (χ1n) is 25.4. The average molecular weight is 961 g/mol. The molecule has 14 aromatic rings. The van der Waals surface area contributed by atoms with Crippen molar-refractivity contribution < 1.29 is 4.42 Å². The molecule has 2 heterocycles. The van der Waals surface area contributed by atoms with Gasteiger partial charge >= 0.3 is 0 Å². The monoisotopic (exact) mass is 960 g/mol. The number of aromatic nitrogens is 1. The Hall–Kier alpha value is -9.48. The van der Waals surface area contributed by atoms with Crippen LogP contribution >= 0.6 is 0 Å². The molecule has 0 aliphatic heterocycles. The first kappa shape index (κ1) is 43.3. The van der Waals surface area contributed by atoms with E-state index in [4.69, 9.17) is 4.42 Å². The van der Waals surface area contributed by atoms with Gasteiger partial charge < -0.3 is 13.9 Å². The molecule has 0 atom stereocenters. The standard InChI is InChI=1S/C70H48N2OSi/c1-4-23-55(24-5-1)74(56-25-6-2-7-26-56,57-27-8-3-9-28-57)58-29-17-22-54(48-58)71(52-44-40-50(41-45-52)60-33-16-21-49-20-10-11-30-59(49)60)53-46-42-51(43-47-53)61-34-18-37-66-69(61)64-32-12-14-36-65(64)72(66)67-38-19-35-63-62-31-13-15-39-68(62)73-70(63)67/h1-48H. The summed E-state index contributed by atoms with van der Waals surface area (Å²) >= 11 is 0. The summed E-state index contributed by atoms with van der Waals surface area (Å²) in [6.45, 7) is 0. The number of furan rings is 1. The van der Waals surface area contributed by atoms with Gasteiger partial charge in [-0.3, -0.25) is 0 Å². The highest BCUT2D eigenvalue weighted by atomic mass is 28.3. The molecule has 0 N–H and O–H groups in total. The van der Waals surface area contributed by atoms with Crippen LogP contribution in [0.4, 0.5) is 17.1 Å². The molecule has 74 heavy (non-hydrogen) atoms. The van der Waals surface area contributed by atoms with E-state index < -0.39 is 8.07 Å². The number of rotatable bonds is 10. The van der Waals surface area contributed by atoms with Gasteiger partial charge in [0.15, 0.2) is 13.7 Å². The molecule has 348 valence electrons. The summed E-state index contributed by atoms with van der Waals surface area (Å²) in [6, 6.07) is 107. The lowest BCUT2D eigenvalue weighted by atomic mass is 9.98. The van der Waals surface area contributed by atoms with Crippen molar-refractivity contribution in [2.75, 3.05) is 4.90 Å². The third-order valence-electron chi connectivity index (χ3n) is 15.1. The molecule has 3 nitrogen and oxygen atoms in total. The van der Waals surface area contributed by atoms with Crippen molar-refractivity contribution in [3.8, 4) is 27.9 Å². The summed E-state index contributed by atoms with van der Waals surface area (Å²) in [6.07, 6.45) is 0. The summed E-state index contributed by atoms with van der Waals surface area (Å²) < 4.78 is 9.03. The van der Waals surface area contributed by atoms with Crippen LogP contribution in [0.2, 0.25) is 0 Å². The first-order chi connectivity index (χ1) is 36.7. The number of benzene rings is 12. The highest BCUT2D eigenvalue weighted by Gasteiger charge is 2.41. The largest absolute Gasteiger partial charge is 0.454 e. The Morgan fingerprint density at radius 3 is 1.50 bits per heavy atom. The predicted molar refractivity (Wildman–Crippen MR) is 315 cm³/mol. The molecule has 0 bridgehead atoms. The molecule has 4 heteroatoms. The summed E-state index contributed by atoms with van der Waals surface area (Å²) in [5.41, 5.74) is 13.1. The van der Waals surface area contributed by atoms with Gasteiger partial charge in [0.1, 0.15) is 5.58 Å². The predicted octanol–water partition coefficient (Wildman–Crippen LogP) is 16.0. The van der Waals surface area contributed by atoms with Gasteiger partial charge in [-0.25, -0.2) is 0 Å². The lowest BCUT2D eigenvalue weighted by Crippen LogP contribution is -2.74. The van der Waals surface area contributed by atoms with E-state index in [-0.39, 0.29) is 0 Å². The average Bonchev–Trinajstić information content (AvgIpc) is 4.06. The van der Waals surface area contributed by atoms with Crippen LogP contribution < -0.4 is 25.6 Å². The van der Waals surface area contributed by atoms with Gasteiger partial charge in [0.25, 0.3) is 0 Å². The van der Waals surface area contributed by atoms with Crippen molar-refractivity contribution in [1.82, 2.24) is 4.57 Å². The van der Waals surface area contributed by atoms with E-state index in [1.165, 1.54) is 59.0 Å². The molecule has 0 aliphatic carbocycles. The van der Waals surface area contributed by atoms with E-state index in [0.717, 1.165) is 61.3 Å². The molecule has 0 unspecified atom stereocenters. The molecule has 14 rings (SSSR count). The molecule has 0 amide bonds. The van der Waals surface area contributed by atoms with Crippen LogP contribution in [0, 0.1) is 0 Å². The Morgan fingerprint density at radius 2 is 0.811 bits per heavy atom. The molecule has 0 saturated carbocycles. The van der Waals surface area contributed by atoms with Crippen LogP contribution in [-0.4, -0.2) is 12.6 Å². The topological polar surface area (TPSA) is 21.3 Å². The van der Waals surface area contributed by atoms with E-state index in [0.29, 0.717) is 0 Å². The van der Waals surface area contributed by atoms with Gasteiger partial charge in [0, 0.05) is 38.6 Å². The highest BCUT2D eigenvalue weighted by Crippen LogP contribution is 2.43. The van der Waals surface area contributed by atoms with Gasteiger partial charge in [-0.1, -0.05) is 231 Å². The minimum atomic E-state index is -2.84. The first-order valence-corrected chi connectivity index (χ1v) is 27.4. The number of hydrogen-bond donors (Lipinski definition) is 0. The number of para-hydroxylation sites is 3. The molecule has 0 radical (unpaired) electrons. The normalized spacial score (nSPS) is 11.8. The summed E-state index contributed by atoms with van der Waals surface area (Å²) in [4.78, 5) is 2.43. The fourth-order valence-corrected chi connectivity index (χ4v) is 16.7. The van der Waals surface area contributed by atoms with E-state index in [1.807, 2.05) is 6.07 Å². The second kappa shape index (κ2) is 18.0. The quantitative estimate of drug-likeness (QED) is 0.101. The molecule has 0 saturated heterocycles. The Kier molecular flexibility index (Phi) is 10.5. The third-order valence-corrected chi connectivity index (χ3v) is 19.9. The van der Waals surface area contributed by atoms with Crippen molar-refractivity contribution in [1.29, 1.82) is 0 Å². The minimum absolute atomic E-state index is 0.886. The van der Waals surface area contributed by atoms with Crippen LogP contribution in [0.25, 0.3) is 82.5 Å². The fraction of sp³-hybridized carbons (Fsp3) is 0. The Morgan fingerprint density at radius 1 is 0.324 bits per heavy atom. The molecule has 0 aliphatic rings. The van der Waals surface area contributed by atoms with Crippen LogP contribution in [0.1, 0.15) is 0 Å². The van der Waals surface area contributed by atoms with Crippen molar-refractivity contribution >= 4 is 100 Å². The van der Waals surface area contributed by atoms with Gasteiger partial charge in [0.05, 0.1) is 16.7 Å². The van der Waals surface area contributed by atoms with Crippen molar-refractivity contribution in [2.45, 2.75) is 0 Å². The zero-order valence-electron chi connectivity index (χ0n) is 40.5. The van der Waals surface area contributed by atoms with Crippen LogP contribution in [0.15, 0.2) is 296 Å². The van der Waals surface area contributed by atoms with Gasteiger partial charge in [-0.2, -0.15) is 0 Å². The lowest BCUT2D eigenvalue weighted by Gasteiger charge is -2.35. The van der Waals surface area contributed by atoms with Crippen molar-refractivity contribution in [2.24, 2.45) is 0 Å². The maximum atomic E-state index is 6.64.